The molecule has 2 aromatic heterocycles. The minimum absolute atomic E-state index is 0.102. The molecule has 5 rings (SSSR count). The maximum atomic E-state index is 12.7. The summed E-state index contributed by atoms with van der Waals surface area (Å²) < 4.78 is 18.0. The van der Waals surface area contributed by atoms with Crippen molar-refractivity contribution in [2.24, 2.45) is 0 Å². The molecule has 3 heterocycles. The molecule has 1 N–H and O–H groups in total. The molecular formula is C20H15N3O4. The van der Waals surface area contributed by atoms with Gasteiger partial charge in [0.1, 0.15) is 6.54 Å². The van der Waals surface area contributed by atoms with Crippen molar-refractivity contribution in [3.63, 3.8) is 0 Å². The third-order valence-corrected chi connectivity index (χ3v) is 4.35. The molecule has 0 saturated heterocycles. The lowest BCUT2D eigenvalue weighted by Crippen LogP contribution is -2.19. The molecule has 0 aliphatic carbocycles. The van der Waals surface area contributed by atoms with Crippen LogP contribution in [-0.4, -0.2) is 22.3 Å². The number of amides is 1. The molecule has 0 saturated carbocycles. The van der Waals surface area contributed by atoms with Crippen LogP contribution in [0.1, 0.15) is 0 Å². The lowest BCUT2D eigenvalue weighted by atomic mass is 10.2. The molecule has 0 bridgehead atoms. The van der Waals surface area contributed by atoms with E-state index in [9.17, 15) is 4.79 Å². The average Bonchev–Trinajstić information content (AvgIpc) is 3.41. The smallest absolute Gasteiger partial charge is 0.244 e. The molecule has 1 aliphatic heterocycles. The fourth-order valence-electron chi connectivity index (χ4n) is 3.15. The van der Waals surface area contributed by atoms with Crippen molar-refractivity contribution in [3.8, 4) is 23.1 Å². The molecule has 4 aromatic rings. The number of carbonyl (C=O) groups is 1. The molecular weight excluding hydrogens is 346 g/mol. The first-order chi connectivity index (χ1) is 13.3. The maximum absolute atomic E-state index is 12.7. The molecule has 134 valence electrons. The Morgan fingerprint density at radius 3 is 2.85 bits per heavy atom. The number of benzene rings is 2. The van der Waals surface area contributed by atoms with Crippen LogP contribution < -0.4 is 14.8 Å². The Kier molecular flexibility index (Phi) is 3.57. The van der Waals surface area contributed by atoms with E-state index in [4.69, 9.17) is 13.9 Å². The molecule has 27 heavy (non-hydrogen) atoms. The predicted octanol–water partition coefficient (Wildman–Crippen LogP) is 3.66. The van der Waals surface area contributed by atoms with Gasteiger partial charge >= 0.3 is 0 Å². The van der Waals surface area contributed by atoms with Gasteiger partial charge in [0.2, 0.25) is 12.7 Å². The molecule has 1 aliphatic rings. The van der Waals surface area contributed by atoms with Crippen molar-refractivity contribution in [2.45, 2.75) is 6.54 Å². The third-order valence-electron chi connectivity index (χ3n) is 4.35. The van der Waals surface area contributed by atoms with E-state index in [1.54, 1.807) is 30.5 Å². The largest absolute Gasteiger partial charge is 0.461 e. The molecule has 0 spiro atoms. The Morgan fingerprint density at radius 1 is 1.07 bits per heavy atom. The Hall–Kier alpha value is -3.74. The molecule has 1 amide bonds. The van der Waals surface area contributed by atoms with Crippen LogP contribution >= 0.6 is 0 Å². The Balaban J connectivity index is 1.45. The highest BCUT2D eigenvalue weighted by molar-refractivity contribution is 5.92. The van der Waals surface area contributed by atoms with Gasteiger partial charge in [-0.05, 0) is 36.4 Å². The fraction of sp³-hybridized carbons (Fsp3) is 0.100. The van der Waals surface area contributed by atoms with Gasteiger partial charge in [-0.1, -0.05) is 12.1 Å². The summed E-state index contributed by atoms with van der Waals surface area (Å²) in [7, 11) is 0. The SMILES string of the molecule is O=C(Cn1c(-c2ccco2)nc2ccccc21)Nc1ccc2c(c1)OCO2. The van der Waals surface area contributed by atoms with E-state index >= 15 is 0 Å². The second kappa shape index (κ2) is 6.21. The number of nitrogens with zero attached hydrogens (tertiary/aromatic N) is 2. The summed E-state index contributed by atoms with van der Waals surface area (Å²) in [5.41, 5.74) is 2.32. The quantitative estimate of drug-likeness (QED) is 0.600. The van der Waals surface area contributed by atoms with Crippen molar-refractivity contribution in [2.75, 3.05) is 12.1 Å². The first kappa shape index (κ1) is 15.5. The van der Waals surface area contributed by atoms with Crippen molar-refractivity contribution >= 4 is 22.6 Å². The van der Waals surface area contributed by atoms with Crippen LogP contribution in [0.2, 0.25) is 0 Å². The Bertz CT molecular complexity index is 1130. The molecule has 0 fully saturated rings. The van der Waals surface area contributed by atoms with Gasteiger partial charge in [-0.3, -0.25) is 4.79 Å². The van der Waals surface area contributed by atoms with E-state index in [0.29, 0.717) is 28.8 Å². The summed E-state index contributed by atoms with van der Waals surface area (Å²) in [4.78, 5) is 17.3. The first-order valence-electron chi connectivity index (χ1n) is 8.46. The Morgan fingerprint density at radius 2 is 1.96 bits per heavy atom. The number of hydrogen-bond acceptors (Lipinski definition) is 5. The lowest BCUT2D eigenvalue weighted by Gasteiger charge is -2.09. The lowest BCUT2D eigenvalue weighted by molar-refractivity contribution is -0.116. The zero-order valence-electron chi connectivity index (χ0n) is 14.2. The van der Waals surface area contributed by atoms with Crippen LogP contribution in [-0.2, 0) is 11.3 Å². The highest BCUT2D eigenvalue weighted by atomic mass is 16.7. The highest BCUT2D eigenvalue weighted by Gasteiger charge is 2.18. The number of nitrogens with one attached hydrogen (secondary N) is 1. The van der Waals surface area contributed by atoms with Crippen molar-refractivity contribution in [3.05, 3.63) is 60.9 Å². The van der Waals surface area contributed by atoms with Crippen molar-refractivity contribution < 1.29 is 18.7 Å². The summed E-state index contributed by atoms with van der Waals surface area (Å²) >= 11 is 0. The van der Waals surface area contributed by atoms with Gasteiger partial charge in [-0.2, -0.15) is 0 Å². The zero-order valence-corrected chi connectivity index (χ0v) is 14.2. The van der Waals surface area contributed by atoms with Gasteiger partial charge in [0.15, 0.2) is 23.1 Å². The zero-order chi connectivity index (χ0) is 18.2. The van der Waals surface area contributed by atoms with Gasteiger partial charge in [-0.25, -0.2) is 4.98 Å². The molecule has 7 nitrogen and oxygen atoms in total. The number of hydrogen-bond donors (Lipinski definition) is 1. The Labute approximate surface area is 154 Å². The van der Waals surface area contributed by atoms with E-state index in [2.05, 4.69) is 10.3 Å². The number of imidazole rings is 1. The van der Waals surface area contributed by atoms with Gasteiger partial charge < -0.3 is 23.8 Å². The van der Waals surface area contributed by atoms with Gasteiger partial charge in [0.25, 0.3) is 0 Å². The van der Waals surface area contributed by atoms with E-state index in [1.165, 1.54) is 0 Å². The van der Waals surface area contributed by atoms with Crippen LogP contribution in [0.15, 0.2) is 65.3 Å². The second-order valence-corrected chi connectivity index (χ2v) is 6.10. The van der Waals surface area contributed by atoms with Gasteiger partial charge in [0.05, 0.1) is 17.3 Å². The maximum Gasteiger partial charge on any atom is 0.244 e. The molecule has 7 heteroatoms. The van der Waals surface area contributed by atoms with Crippen LogP contribution in [0.4, 0.5) is 5.69 Å². The summed E-state index contributed by atoms with van der Waals surface area (Å²) in [6.07, 6.45) is 1.59. The van der Waals surface area contributed by atoms with Crippen LogP contribution in [0, 0.1) is 0 Å². The topological polar surface area (TPSA) is 78.5 Å². The third kappa shape index (κ3) is 2.79. The van der Waals surface area contributed by atoms with Crippen molar-refractivity contribution in [1.29, 1.82) is 0 Å². The number of carbonyl (C=O) groups excluding carboxylic acids is 1. The molecule has 0 radical (unpaired) electrons. The monoisotopic (exact) mass is 361 g/mol. The molecule has 0 atom stereocenters. The number of para-hydroxylation sites is 2. The van der Waals surface area contributed by atoms with Crippen LogP contribution in [0.25, 0.3) is 22.6 Å². The predicted molar refractivity (Wildman–Crippen MR) is 98.6 cm³/mol. The minimum atomic E-state index is -0.176. The van der Waals surface area contributed by atoms with Gasteiger partial charge in [0, 0.05) is 11.8 Å². The normalized spacial score (nSPS) is 12.4. The number of furan rings is 1. The summed E-state index contributed by atoms with van der Waals surface area (Å²) in [6.45, 7) is 0.297. The van der Waals surface area contributed by atoms with Gasteiger partial charge in [-0.15, -0.1) is 0 Å². The fourth-order valence-corrected chi connectivity index (χ4v) is 3.15. The van der Waals surface area contributed by atoms with Crippen LogP contribution in [0.3, 0.4) is 0 Å². The van der Waals surface area contributed by atoms with E-state index in [-0.39, 0.29) is 19.2 Å². The second-order valence-electron chi connectivity index (χ2n) is 6.10. The standard InChI is InChI=1S/C20H15N3O4/c24-19(21-13-7-8-16-18(10-13)27-12-26-16)11-23-15-5-2-1-4-14(15)22-20(23)17-6-3-9-25-17/h1-10H,11-12H2,(H,21,24). The highest BCUT2D eigenvalue weighted by Crippen LogP contribution is 2.34. The van der Waals surface area contributed by atoms with E-state index in [1.807, 2.05) is 34.9 Å². The summed E-state index contributed by atoms with van der Waals surface area (Å²) in [6, 6.07) is 16.6. The number of ether oxygens (including phenoxy) is 2. The number of aromatic nitrogens is 2. The molecule has 0 unspecified atom stereocenters. The number of fused-ring (bicyclic) bond motifs is 2. The van der Waals surface area contributed by atoms with Crippen molar-refractivity contribution in [1.82, 2.24) is 9.55 Å². The minimum Gasteiger partial charge on any atom is -0.461 e. The number of anilines is 1. The van der Waals surface area contributed by atoms with Crippen LogP contribution in [0.5, 0.6) is 11.5 Å². The first-order valence-corrected chi connectivity index (χ1v) is 8.46. The summed E-state index contributed by atoms with van der Waals surface area (Å²) in [5, 5.41) is 2.89. The van der Waals surface area contributed by atoms with E-state index in [0.717, 1.165) is 11.0 Å². The summed E-state index contributed by atoms with van der Waals surface area (Å²) in [5.74, 6) is 2.35. The average molecular weight is 361 g/mol. The molecule has 2 aromatic carbocycles. The van der Waals surface area contributed by atoms with E-state index < -0.39 is 0 Å². The number of rotatable bonds is 4.